The molecular weight excluding hydrogens is 289 g/mol. The number of nitrogens with one attached hydrogen (secondary N) is 1. The number of piperazine rings is 1. The molecule has 0 radical (unpaired) electrons. The maximum atomic E-state index is 12.8. The van der Waals surface area contributed by atoms with Crippen LogP contribution in [0.4, 0.5) is 4.39 Å². The van der Waals surface area contributed by atoms with Gasteiger partial charge in [0, 0.05) is 38.7 Å². The first kappa shape index (κ1) is 15.9. The topological polar surface area (TPSA) is 69.7 Å². The predicted molar refractivity (Wildman–Crippen MR) is 77.6 cm³/mol. The maximum Gasteiger partial charge on any atom is 0.251 e. The van der Waals surface area contributed by atoms with E-state index in [0.29, 0.717) is 31.7 Å². The summed E-state index contributed by atoms with van der Waals surface area (Å²) in [5, 5.41) is 2.52. The fraction of sp³-hybridized carbons (Fsp3) is 0.400. The average molecular weight is 307 g/mol. The standard InChI is InChI=1S/C15H18FN3O3/c1-11(20)18-6-8-19(9-7-18)14(21)10-17-15(22)12-2-4-13(16)5-3-12/h2-5H,6-10H2,1H3,(H,17,22). The minimum atomic E-state index is -0.421. The molecule has 1 aliphatic heterocycles. The van der Waals surface area contributed by atoms with Crippen LogP contribution in [0.15, 0.2) is 24.3 Å². The van der Waals surface area contributed by atoms with Crippen molar-refractivity contribution in [1.82, 2.24) is 15.1 Å². The number of carbonyl (C=O) groups is 3. The van der Waals surface area contributed by atoms with Gasteiger partial charge in [-0.15, -0.1) is 0 Å². The Morgan fingerprint density at radius 1 is 1.05 bits per heavy atom. The SMILES string of the molecule is CC(=O)N1CCN(C(=O)CNC(=O)c2ccc(F)cc2)CC1. The first-order chi connectivity index (χ1) is 10.5. The van der Waals surface area contributed by atoms with Gasteiger partial charge in [-0.1, -0.05) is 0 Å². The molecule has 1 aromatic carbocycles. The Kier molecular flexibility index (Phi) is 5.08. The molecule has 1 fully saturated rings. The largest absolute Gasteiger partial charge is 0.343 e. The van der Waals surface area contributed by atoms with Gasteiger partial charge < -0.3 is 15.1 Å². The van der Waals surface area contributed by atoms with Gasteiger partial charge in [0.2, 0.25) is 11.8 Å². The van der Waals surface area contributed by atoms with Crippen LogP contribution in [0, 0.1) is 5.82 Å². The number of rotatable bonds is 3. The molecule has 1 heterocycles. The summed E-state index contributed by atoms with van der Waals surface area (Å²) >= 11 is 0. The van der Waals surface area contributed by atoms with E-state index in [1.807, 2.05) is 0 Å². The molecule has 0 saturated carbocycles. The van der Waals surface area contributed by atoms with Crippen molar-refractivity contribution >= 4 is 17.7 Å². The molecule has 118 valence electrons. The number of benzene rings is 1. The van der Waals surface area contributed by atoms with E-state index in [-0.39, 0.29) is 18.4 Å². The molecule has 0 unspecified atom stereocenters. The van der Waals surface area contributed by atoms with Gasteiger partial charge in [-0.05, 0) is 24.3 Å². The minimum Gasteiger partial charge on any atom is -0.343 e. The van der Waals surface area contributed by atoms with Crippen LogP contribution in [0.25, 0.3) is 0 Å². The van der Waals surface area contributed by atoms with Crippen molar-refractivity contribution in [2.45, 2.75) is 6.92 Å². The first-order valence-corrected chi connectivity index (χ1v) is 7.04. The number of halogens is 1. The number of hydrogen-bond acceptors (Lipinski definition) is 3. The first-order valence-electron chi connectivity index (χ1n) is 7.04. The van der Waals surface area contributed by atoms with Crippen LogP contribution >= 0.6 is 0 Å². The van der Waals surface area contributed by atoms with Gasteiger partial charge in [-0.25, -0.2) is 4.39 Å². The molecule has 0 spiro atoms. The van der Waals surface area contributed by atoms with Gasteiger partial charge in [-0.2, -0.15) is 0 Å². The summed E-state index contributed by atoms with van der Waals surface area (Å²) in [6.07, 6.45) is 0. The molecule has 2 rings (SSSR count). The minimum absolute atomic E-state index is 0.00304. The third-order valence-electron chi connectivity index (χ3n) is 3.58. The number of amides is 3. The van der Waals surface area contributed by atoms with Crippen molar-refractivity contribution in [1.29, 1.82) is 0 Å². The highest BCUT2D eigenvalue weighted by atomic mass is 19.1. The van der Waals surface area contributed by atoms with Crippen molar-refractivity contribution in [3.8, 4) is 0 Å². The molecule has 0 bridgehead atoms. The van der Waals surface area contributed by atoms with Crippen molar-refractivity contribution < 1.29 is 18.8 Å². The average Bonchev–Trinajstić information content (AvgIpc) is 2.53. The predicted octanol–water partition coefficient (Wildman–Crippen LogP) is 0.246. The van der Waals surface area contributed by atoms with Crippen molar-refractivity contribution in [3.63, 3.8) is 0 Å². The van der Waals surface area contributed by atoms with E-state index in [9.17, 15) is 18.8 Å². The third kappa shape index (κ3) is 4.03. The van der Waals surface area contributed by atoms with Gasteiger partial charge in [0.05, 0.1) is 6.54 Å². The Morgan fingerprint density at radius 3 is 2.14 bits per heavy atom. The Bertz CT molecular complexity index is 566. The normalized spacial score (nSPS) is 14.6. The summed E-state index contributed by atoms with van der Waals surface area (Å²) in [6.45, 7) is 3.33. The fourth-order valence-corrected chi connectivity index (χ4v) is 2.24. The molecule has 0 aromatic heterocycles. The molecule has 1 saturated heterocycles. The molecule has 1 aliphatic rings. The smallest absolute Gasteiger partial charge is 0.251 e. The number of carbonyl (C=O) groups excluding carboxylic acids is 3. The highest BCUT2D eigenvalue weighted by Gasteiger charge is 2.22. The summed E-state index contributed by atoms with van der Waals surface area (Å²) in [7, 11) is 0. The van der Waals surface area contributed by atoms with Crippen LogP contribution in [0.5, 0.6) is 0 Å². The third-order valence-corrected chi connectivity index (χ3v) is 3.58. The van der Waals surface area contributed by atoms with Gasteiger partial charge in [0.1, 0.15) is 5.82 Å². The van der Waals surface area contributed by atoms with E-state index in [2.05, 4.69) is 5.32 Å². The zero-order valence-electron chi connectivity index (χ0n) is 12.3. The quantitative estimate of drug-likeness (QED) is 0.870. The summed E-state index contributed by atoms with van der Waals surface area (Å²) < 4.78 is 12.8. The van der Waals surface area contributed by atoms with Crippen LogP contribution in [0.1, 0.15) is 17.3 Å². The molecule has 1 N–H and O–H groups in total. The second kappa shape index (κ2) is 7.02. The maximum absolute atomic E-state index is 12.8. The van der Waals surface area contributed by atoms with Gasteiger partial charge in [0.25, 0.3) is 5.91 Å². The lowest BCUT2D eigenvalue weighted by molar-refractivity contribution is -0.137. The Labute approximate surface area is 127 Å². The van der Waals surface area contributed by atoms with Crippen LogP contribution in [0.2, 0.25) is 0 Å². The molecule has 3 amide bonds. The lowest BCUT2D eigenvalue weighted by Crippen LogP contribution is -2.52. The molecule has 7 heteroatoms. The molecular formula is C15H18FN3O3. The highest BCUT2D eigenvalue weighted by Crippen LogP contribution is 2.04. The lowest BCUT2D eigenvalue weighted by atomic mass is 10.2. The van der Waals surface area contributed by atoms with Crippen LogP contribution in [0.3, 0.4) is 0 Å². The van der Waals surface area contributed by atoms with E-state index in [0.717, 1.165) is 0 Å². The summed E-state index contributed by atoms with van der Waals surface area (Å²) in [4.78, 5) is 38.3. The molecule has 22 heavy (non-hydrogen) atoms. The van der Waals surface area contributed by atoms with Crippen LogP contribution in [-0.2, 0) is 9.59 Å². The van der Waals surface area contributed by atoms with E-state index in [4.69, 9.17) is 0 Å². The van der Waals surface area contributed by atoms with Crippen molar-refractivity contribution in [3.05, 3.63) is 35.6 Å². The van der Waals surface area contributed by atoms with E-state index in [1.165, 1.54) is 31.2 Å². The molecule has 1 aromatic rings. The van der Waals surface area contributed by atoms with Gasteiger partial charge in [0.15, 0.2) is 0 Å². The van der Waals surface area contributed by atoms with Crippen molar-refractivity contribution in [2.75, 3.05) is 32.7 Å². The number of nitrogens with zero attached hydrogens (tertiary/aromatic N) is 2. The second-order valence-corrected chi connectivity index (χ2v) is 5.08. The molecule has 0 aliphatic carbocycles. The van der Waals surface area contributed by atoms with Gasteiger partial charge >= 0.3 is 0 Å². The Hall–Kier alpha value is -2.44. The zero-order chi connectivity index (χ0) is 16.1. The van der Waals surface area contributed by atoms with E-state index in [1.54, 1.807) is 9.80 Å². The fourth-order valence-electron chi connectivity index (χ4n) is 2.24. The Balaban J connectivity index is 1.79. The summed E-state index contributed by atoms with van der Waals surface area (Å²) in [5.41, 5.74) is 0.301. The highest BCUT2D eigenvalue weighted by molar-refractivity contribution is 5.96. The van der Waals surface area contributed by atoms with E-state index < -0.39 is 11.7 Å². The van der Waals surface area contributed by atoms with Crippen molar-refractivity contribution in [2.24, 2.45) is 0 Å². The van der Waals surface area contributed by atoms with Crippen LogP contribution < -0.4 is 5.32 Å². The zero-order valence-corrected chi connectivity index (χ0v) is 12.3. The molecule has 6 nitrogen and oxygen atoms in total. The summed E-state index contributed by atoms with van der Waals surface area (Å²) in [5.74, 6) is -1.04. The molecule has 0 atom stereocenters. The van der Waals surface area contributed by atoms with Crippen LogP contribution in [-0.4, -0.2) is 60.2 Å². The number of hydrogen-bond donors (Lipinski definition) is 1. The van der Waals surface area contributed by atoms with E-state index >= 15 is 0 Å². The summed E-state index contributed by atoms with van der Waals surface area (Å²) in [6, 6.07) is 5.11. The lowest BCUT2D eigenvalue weighted by Gasteiger charge is -2.34. The monoisotopic (exact) mass is 307 g/mol. The van der Waals surface area contributed by atoms with Gasteiger partial charge in [-0.3, -0.25) is 14.4 Å². The Morgan fingerprint density at radius 2 is 1.59 bits per heavy atom. The second-order valence-electron chi connectivity index (χ2n) is 5.08.